The first-order chi connectivity index (χ1) is 19.6. The van der Waals surface area contributed by atoms with Crippen LogP contribution in [-0.2, 0) is 6.61 Å². The molecule has 0 radical (unpaired) electrons. The van der Waals surface area contributed by atoms with E-state index in [9.17, 15) is 4.79 Å². The van der Waals surface area contributed by atoms with Crippen LogP contribution in [0.4, 0.5) is 5.69 Å². The minimum atomic E-state index is -0.134. The van der Waals surface area contributed by atoms with Crippen LogP contribution in [0.25, 0.3) is 21.7 Å². The fourth-order valence-electron chi connectivity index (χ4n) is 5.60. The van der Waals surface area contributed by atoms with Crippen molar-refractivity contribution in [1.29, 1.82) is 0 Å². The topological polar surface area (TPSA) is 59.7 Å². The lowest BCUT2D eigenvalue weighted by Crippen LogP contribution is -2.25. The van der Waals surface area contributed by atoms with Crippen molar-refractivity contribution in [3.8, 4) is 5.75 Å². The molecule has 1 aromatic heterocycles. The summed E-state index contributed by atoms with van der Waals surface area (Å²) in [5, 5.41) is 7.70. The summed E-state index contributed by atoms with van der Waals surface area (Å²) >= 11 is 0. The maximum Gasteiger partial charge on any atom is 0.282 e. The van der Waals surface area contributed by atoms with Gasteiger partial charge in [-0.3, -0.25) is 4.79 Å². The molecule has 40 heavy (non-hydrogen) atoms. The molecule has 0 aliphatic heterocycles. The number of ether oxygens (including phenoxy) is 1. The van der Waals surface area contributed by atoms with Gasteiger partial charge in [0.05, 0.1) is 17.1 Å². The average molecular weight is 531 g/mol. The summed E-state index contributed by atoms with van der Waals surface area (Å²) in [6.07, 6.45) is 7.31. The van der Waals surface area contributed by atoms with Crippen LogP contribution in [0.15, 0.2) is 94.8 Å². The molecule has 1 aliphatic rings. The molecule has 6 heteroatoms. The number of aromatic nitrogens is 2. The lowest BCUT2D eigenvalue weighted by molar-refractivity contribution is 0.307. The number of nitrogens with zero attached hydrogens (tertiary/aromatic N) is 4. The highest BCUT2D eigenvalue weighted by Crippen LogP contribution is 2.32. The zero-order chi connectivity index (χ0) is 27.5. The van der Waals surface area contributed by atoms with Gasteiger partial charge in [0.1, 0.15) is 18.2 Å². The number of anilines is 1. The normalized spacial score (nSPS) is 14.2. The van der Waals surface area contributed by atoms with Crippen LogP contribution < -0.4 is 15.2 Å². The predicted molar refractivity (Wildman–Crippen MR) is 164 cm³/mol. The lowest BCUT2D eigenvalue weighted by Gasteiger charge is -2.22. The molecule has 5 aromatic rings. The maximum absolute atomic E-state index is 13.6. The number of rotatable bonds is 7. The fraction of sp³-hybridized carbons (Fsp3) is 0.265. The second-order valence-corrected chi connectivity index (χ2v) is 10.7. The molecule has 0 unspecified atom stereocenters. The van der Waals surface area contributed by atoms with Crippen LogP contribution in [0, 0.1) is 0 Å². The zero-order valence-electron chi connectivity index (χ0n) is 23.1. The van der Waals surface area contributed by atoms with Gasteiger partial charge in [0.2, 0.25) is 0 Å². The molecule has 0 bridgehead atoms. The highest BCUT2D eigenvalue weighted by Gasteiger charge is 2.22. The van der Waals surface area contributed by atoms with E-state index in [0.29, 0.717) is 17.7 Å². The molecular weight excluding hydrogens is 496 g/mol. The summed E-state index contributed by atoms with van der Waals surface area (Å²) < 4.78 is 7.96. The molecule has 1 saturated carbocycles. The molecule has 1 aliphatic carbocycles. The van der Waals surface area contributed by atoms with Gasteiger partial charge in [-0.05, 0) is 53.4 Å². The van der Waals surface area contributed by atoms with Gasteiger partial charge in [-0.25, -0.2) is 4.98 Å². The molecule has 0 N–H and O–H groups in total. The highest BCUT2D eigenvalue weighted by molar-refractivity contribution is 5.86. The van der Waals surface area contributed by atoms with Crippen molar-refractivity contribution in [1.82, 2.24) is 9.66 Å². The second-order valence-electron chi connectivity index (χ2n) is 10.7. The van der Waals surface area contributed by atoms with E-state index in [1.54, 1.807) is 6.21 Å². The van der Waals surface area contributed by atoms with E-state index in [1.165, 1.54) is 21.9 Å². The summed E-state index contributed by atoms with van der Waals surface area (Å²) in [6, 6.07) is 28.2. The largest absolute Gasteiger partial charge is 0.488 e. The van der Waals surface area contributed by atoms with Gasteiger partial charge in [-0.2, -0.15) is 9.78 Å². The average Bonchev–Trinajstić information content (AvgIpc) is 3.00. The molecule has 0 amide bonds. The van der Waals surface area contributed by atoms with Crippen molar-refractivity contribution < 1.29 is 4.74 Å². The molecule has 4 aromatic carbocycles. The highest BCUT2D eigenvalue weighted by atomic mass is 16.5. The van der Waals surface area contributed by atoms with E-state index in [4.69, 9.17) is 14.8 Å². The first kappa shape index (κ1) is 25.8. The first-order valence-electron chi connectivity index (χ1n) is 14.1. The van der Waals surface area contributed by atoms with E-state index < -0.39 is 0 Å². The summed E-state index contributed by atoms with van der Waals surface area (Å²) in [5.74, 6) is 1.69. The standard InChI is InChI=1S/C34H34N4O2/c1-37(2)28-20-19-26(32(21-28)40-23-27-15-10-14-24-11-6-7-16-29(24)27)22-35-38-33(25-12-4-3-5-13-25)36-31-18-9-8-17-30(31)34(38)39/h6-11,14-22,25H,3-5,12-13,23H2,1-2H3. The van der Waals surface area contributed by atoms with Crippen LogP contribution in [0.1, 0.15) is 55.0 Å². The molecular formula is C34H34N4O2. The van der Waals surface area contributed by atoms with Crippen LogP contribution in [0.5, 0.6) is 5.75 Å². The molecule has 6 rings (SSSR count). The Hall–Kier alpha value is -4.45. The number of hydrogen-bond acceptors (Lipinski definition) is 5. The van der Waals surface area contributed by atoms with E-state index >= 15 is 0 Å². The van der Waals surface area contributed by atoms with Crippen molar-refractivity contribution in [3.05, 3.63) is 112 Å². The van der Waals surface area contributed by atoms with Crippen LogP contribution in [-0.4, -0.2) is 30.0 Å². The van der Waals surface area contributed by atoms with Gasteiger partial charge in [-0.1, -0.05) is 73.9 Å². The Balaban J connectivity index is 1.39. The van der Waals surface area contributed by atoms with Crippen molar-refractivity contribution in [3.63, 3.8) is 0 Å². The summed E-state index contributed by atoms with van der Waals surface area (Å²) in [4.78, 5) is 20.6. The van der Waals surface area contributed by atoms with Crippen molar-refractivity contribution in [2.45, 2.75) is 44.6 Å². The Morgan fingerprint density at radius 3 is 2.50 bits per heavy atom. The molecule has 0 spiro atoms. The Labute approximate surface area is 234 Å². The predicted octanol–water partition coefficient (Wildman–Crippen LogP) is 7.12. The Bertz CT molecular complexity index is 1740. The van der Waals surface area contributed by atoms with Gasteiger partial charge in [0.25, 0.3) is 5.56 Å². The maximum atomic E-state index is 13.6. The van der Waals surface area contributed by atoms with Crippen molar-refractivity contribution in [2.75, 3.05) is 19.0 Å². The minimum absolute atomic E-state index is 0.134. The zero-order valence-corrected chi connectivity index (χ0v) is 23.1. The SMILES string of the molecule is CN(C)c1ccc(C=Nn2c(C3CCCCC3)nc3ccccc3c2=O)c(OCc2cccc3ccccc23)c1. The summed E-state index contributed by atoms with van der Waals surface area (Å²) in [6.45, 7) is 0.421. The lowest BCUT2D eigenvalue weighted by atomic mass is 9.88. The van der Waals surface area contributed by atoms with Crippen LogP contribution in [0.2, 0.25) is 0 Å². The molecule has 202 valence electrons. The summed E-state index contributed by atoms with van der Waals surface area (Å²) in [5.41, 5.74) is 3.54. The van der Waals surface area contributed by atoms with Gasteiger partial charge in [0, 0.05) is 37.3 Å². The van der Waals surface area contributed by atoms with Gasteiger partial charge < -0.3 is 9.64 Å². The first-order valence-corrected chi connectivity index (χ1v) is 14.1. The molecule has 0 saturated heterocycles. The Kier molecular flexibility index (Phi) is 7.32. The monoisotopic (exact) mass is 530 g/mol. The van der Waals surface area contributed by atoms with Crippen molar-refractivity contribution >= 4 is 33.6 Å². The van der Waals surface area contributed by atoms with Gasteiger partial charge >= 0.3 is 0 Å². The van der Waals surface area contributed by atoms with E-state index in [2.05, 4.69) is 36.4 Å². The Morgan fingerprint density at radius 2 is 1.68 bits per heavy atom. The molecule has 1 fully saturated rings. The molecule has 0 atom stereocenters. The smallest absolute Gasteiger partial charge is 0.282 e. The van der Waals surface area contributed by atoms with E-state index in [1.807, 2.05) is 67.5 Å². The van der Waals surface area contributed by atoms with Crippen molar-refractivity contribution in [2.24, 2.45) is 5.10 Å². The third-order valence-electron chi connectivity index (χ3n) is 7.84. The minimum Gasteiger partial charge on any atom is -0.488 e. The van der Waals surface area contributed by atoms with Crippen LogP contribution in [0.3, 0.4) is 0 Å². The third-order valence-corrected chi connectivity index (χ3v) is 7.84. The van der Waals surface area contributed by atoms with Crippen LogP contribution >= 0.6 is 0 Å². The fourth-order valence-corrected chi connectivity index (χ4v) is 5.60. The molecule has 6 nitrogen and oxygen atoms in total. The number of fused-ring (bicyclic) bond motifs is 2. The van der Waals surface area contributed by atoms with Gasteiger partial charge in [0.15, 0.2) is 0 Å². The van der Waals surface area contributed by atoms with E-state index in [0.717, 1.165) is 53.8 Å². The third kappa shape index (κ3) is 5.22. The second kappa shape index (κ2) is 11.3. The number of hydrogen-bond donors (Lipinski definition) is 0. The number of benzene rings is 4. The van der Waals surface area contributed by atoms with Gasteiger partial charge in [-0.15, -0.1) is 0 Å². The number of para-hydroxylation sites is 1. The van der Waals surface area contributed by atoms with E-state index in [-0.39, 0.29) is 11.5 Å². The quantitative estimate of drug-likeness (QED) is 0.210. The molecule has 1 heterocycles. The summed E-state index contributed by atoms with van der Waals surface area (Å²) in [7, 11) is 4.02. The Morgan fingerprint density at radius 1 is 0.925 bits per heavy atom.